The van der Waals surface area contributed by atoms with Gasteiger partial charge in [0, 0.05) is 17.1 Å². The van der Waals surface area contributed by atoms with Gasteiger partial charge < -0.3 is 19.6 Å². The van der Waals surface area contributed by atoms with E-state index in [-0.39, 0.29) is 13.2 Å². The van der Waals surface area contributed by atoms with E-state index in [9.17, 15) is 5.11 Å². The molecule has 0 radical (unpaired) electrons. The lowest BCUT2D eigenvalue weighted by Gasteiger charge is -2.14. The highest BCUT2D eigenvalue weighted by atomic mass is 16.5. The summed E-state index contributed by atoms with van der Waals surface area (Å²) in [5.74, 6) is 1.17. The van der Waals surface area contributed by atoms with Gasteiger partial charge >= 0.3 is 0 Å². The van der Waals surface area contributed by atoms with Gasteiger partial charge in [-0.05, 0) is 30.3 Å². The van der Waals surface area contributed by atoms with Crippen LogP contribution in [0.4, 0.5) is 0 Å². The Morgan fingerprint density at radius 2 is 1.74 bits per heavy atom. The van der Waals surface area contributed by atoms with Crippen molar-refractivity contribution in [3.63, 3.8) is 0 Å². The lowest BCUT2D eigenvalue weighted by molar-refractivity contribution is 0.0631. The van der Waals surface area contributed by atoms with E-state index >= 15 is 0 Å². The lowest BCUT2D eigenvalue weighted by atomic mass is 10.2. The maximum atomic E-state index is 10.0. The maximum Gasteiger partial charge on any atom is 0.137 e. The van der Waals surface area contributed by atoms with E-state index in [4.69, 9.17) is 14.7 Å². The average molecular weight is 308 g/mol. The molecule has 1 aromatic heterocycles. The second kappa shape index (κ2) is 6.86. The highest BCUT2D eigenvalue weighted by Gasteiger charge is 2.10. The van der Waals surface area contributed by atoms with Gasteiger partial charge in [-0.1, -0.05) is 18.2 Å². The minimum absolute atomic E-state index is 0.0573. The number of benzene rings is 2. The topological polar surface area (TPSA) is 78.3 Å². The monoisotopic (exact) mass is 308 g/mol. The van der Waals surface area contributed by atoms with E-state index in [0.717, 1.165) is 10.9 Å². The molecule has 0 fully saturated rings. The molecule has 3 aromatic rings. The summed E-state index contributed by atoms with van der Waals surface area (Å²) in [7, 11) is 0. The Morgan fingerprint density at radius 1 is 1.00 bits per heavy atom. The van der Waals surface area contributed by atoms with Crippen molar-refractivity contribution in [2.45, 2.75) is 6.10 Å². The van der Waals surface area contributed by atoms with Gasteiger partial charge in [0.2, 0.25) is 0 Å². The molecule has 5 heteroatoms. The molecule has 0 saturated heterocycles. The summed E-state index contributed by atoms with van der Waals surface area (Å²) >= 11 is 0. The molecule has 0 bridgehead atoms. The molecule has 0 spiro atoms. The number of nitrogens with zero attached hydrogens (tertiary/aromatic N) is 1. The van der Waals surface area contributed by atoms with Crippen LogP contribution >= 0.6 is 0 Å². The van der Waals surface area contributed by atoms with Crippen molar-refractivity contribution in [1.82, 2.24) is 4.98 Å². The molecule has 1 heterocycles. The van der Waals surface area contributed by atoms with Gasteiger partial charge in [-0.2, -0.15) is 5.26 Å². The number of aromatic amines is 1. The van der Waals surface area contributed by atoms with Gasteiger partial charge in [-0.25, -0.2) is 0 Å². The number of hydrogen-bond acceptors (Lipinski definition) is 4. The summed E-state index contributed by atoms with van der Waals surface area (Å²) in [6.07, 6.45) is 1.05. The van der Waals surface area contributed by atoms with E-state index in [1.54, 1.807) is 24.3 Å². The third kappa shape index (κ3) is 3.44. The van der Waals surface area contributed by atoms with Crippen LogP contribution in [0.3, 0.4) is 0 Å². The molecule has 0 amide bonds. The van der Waals surface area contributed by atoms with Crippen molar-refractivity contribution in [1.29, 1.82) is 5.26 Å². The molecule has 116 valence electrons. The first-order valence-electron chi connectivity index (χ1n) is 7.27. The number of fused-ring (bicyclic) bond motifs is 1. The smallest absolute Gasteiger partial charge is 0.137 e. The second-order valence-corrected chi connectivity index (χ2v) is 5.08. The largest absolute Gasteiger partial charge is 0.490 e. The Morgan fingerprint density at radius 3 is 2.57 bits per heavy atom. The molecule has 2 aromatic carbocycles. The first-order chi connectivity index (χ1) is 11.3. The Labute approximate surface area is 133 Å². The fourth-order valence-corrected chi connectivity index (χ4v) is 2.29. The van der Waals surface area contributed by atoms with Crippen molar-refractivity contribution in [3.8, 4) is 17.6 Å². The minimum atomic E-state index is -0.795. The number of aliphatic hydroxyl groups is 1. The highest BCUT2D eigenvalue weighted by molar-refractivity contribution is 5.85. The molecule has 0 aliphatic rings. The Hall–Kier alpha value is -2.97. The molecule has 0 aliphatic carbocycles. The Kier molecular flexibility index (Phi) is 4.46. The molecule has 0 saturated carbocycles. The van der Waals surface area contributed by atoms with Crippen LogP contribution in [0.25, 0.3) is 10.9 Å². The van der Waals surface area contributed by atoms with Crippen LogP contribution in [0.1, 0.15) is 5.56 Å². The predicted octanol–water partition coefficient (Wildman–Crippen LogP) is 2.86. The number of aliphatic hydroxyl groups excluding tert-OH is 1. The second-order valence-electron chi connectivity index (χ2n) is 5.08. The minimum Gasteiger partial charge on any atom is -0.490 e. The Bertz CT molecular complexity index is 835. The number of ether oxygens (including phenoxy) is 2. The zero-order chi connectivity index (χ0) is 16.1. The molecular formula is C18H16N2O3. The summed E-state index contributed by atoms with van der Waals surface area (Å²) in [5, 5.41) is 20.0. The Balaban J connectivity index is 1.57. The van der Waals surface area contributed by atoms with Gasteiger partial charge in [0.25, 0.3) is 0 Å². The maximum absolute atomic E-state index is 10.0. The van der Waals surface area contributed by atoms with Crippen molar-refractivity contribution < 1.29 is 14.6 Å². The standard InChI is InChI=1S/C18H16N2O3/c19-10-13-4-1-2-6-17(13)22-11-14(21)12-23-18-7-3-5-16-15(18)8-9-20-16/h1-9,14,20-21H,11-12H2/t14-/m1/s1. The number of hydrogen-bond donors (Lipinski definition) is 2. The fourth-order valence-electron chi connectivity index (χ4n) is 2.29. The molecule has 1 atom stereocenters. The molecule has 5 nitrogen and oxygen atoms in total. The van der Waals surface area contributed by atoms with Crippen LogP contribution in [-0.4, -0.2) is 29.4 Å². The average Bonchev–Trinajstić information content (AvgIpc) is 3.07. The van der Waals surface area contributed by atoms with E-state index in [1.165, 1.54) is 0 Å². The summed E-state index contributed by atoms with van der Waals surface area (Å²) in [4.78, 5) is 3.11. The summed E-state index contributed by atoms with van der Waals surface area (Å²) < 4.78 is 11.2. The zero-order valence-corrected chi connectivity index (χ0v) is 12.4. The van der Waals surface area contributed by atoms with Crippen LogP contribution in [0.5, 0.6) is 11.5 Å². The van der Waals surface area contributed by atoms with Crippen LogP contribution in [0.15, 0.2) is 54.7 Å². The summed E-state index contributed by atoms with van der Waals surface area (Å²) in [5.41, 5.74) is 1.42. The van der Waals surface area contributed by atoms with Crippen molar-refractivity contribution in [2.75, 3.05) is 13.2 Å². The van der Waals surface area contributed by atoms with Gasteiger partial charge in [-0.3, -0.25) is 0 Å². The van der Waals surface area contributed by atoms with E-state index in [0.29, 0.717) is 17.1 Å². The van der Waals surface area contributed by atoms with E-state index in [1.807, 2.05) is 30.5 Å². The lowest BCUT2D eigenvalue weighted by Crippen LogP contribution is -2.25. The number of H-pyrrole nitrogens is 1. The number of nitrogens with one attached hydrogen (secondary N) is 1. The molecule has 23 heavy (non-hydrogen) atoms. The van der Waals surface area contributed by atoms with Crippen LogP contribution in [0.2, 0.25) is 0 Å². The number of rotatable bonds is 6. The SMILES string of the molecule is N#Cc1ccccc1OC[C@@H](O)COc1cccc2[nH]ccc12. The number of para-hydroxylation sites is 1. The van der Waals surface area contributed by atoms with Crippen LogP contribution in [-0.2, 0) is 0 Å². The summed E-state index contributed by atoms with van der Waals surface area (Å²) in [6, 6.07) is 16.6. The molecular weight excluding hydrogens is 292 g/mol. The first kappa shape index (κ1) is 14.9. The number of nitriles is 1. The third-order valence-electron chi connectivity index (χ3n) is 3.42. The molecule has 2 N–H and O–H groups in total. The van der Waals surface area contributed by atoms with E-state index < -0.39 is 6.10 Å². The van der Waals surface area contributed by atoms with Gasteiger partial charge in [0.05, 0.1) is 5.56 Å². The van der Waals surface area contributed by atoms with Crippen molar-refractivity contribution in [3.05, 3.63) is 60.3 Å². The highest BCUT2D eigenvalue weighted by Crippen LogP contribution is 2.24. The first-order valence-corrected chi connectivity index (χ1v) is 7.27. The van der Waals surface area contributed by atoms with Crippen LogP contribution in [0, 0.1) is 11.3 Å². The normalized spacial score (nSPS) is 11.8. The van der Waals surface area contributed by atoms with Crippen molar-refractivity contribution in [2.24, 2.45) is 0 Å². The third-order valence-corrected chi connectivity index (χ3v) is 3.42. The van der Waals surface area contributed by atoms with E-state index in [2.05, 4.69) is 11.1 Å². The van der Waals surface area contributed by atoms with Crippen molar-refractivity contribution >= 4 is 10.9 Å². The predicted molar refractivity (Wildman–Crippen MR) is 86.5 cm³/mol. The van der Waals surface area contributed by atoms with Gasteiger partial charge in [0.15, 0.2) is 0 Å². The quantitative estimate of drug-likeness (QED) is 0.734. The molecule has 3 rings (SSSR count). The molecule has 0 unspecified atom stereocenters. The van der Waals surface area contributed by atoms with Gasteiger partial charge in [0.1, 0.15) is 36.9 Å². The summed E-state index contributed by atoms with van der Waals surface area (Å²) in [6.45, 7) is 0.167. The molecule has 0 aliphatic heterocycles. The van der Waals surface area contributed by atoms with Gasteiger partial charge in [-0.15, -0.1) is 0 Å². The fraction of sp³-hybridized carbons (Fsp3) is 0.167. The zero-order valence-electron chi connectivity index (χ0n) is 12.4. The van der Waals surface area contributed by atoms with Crippen LogP contribution < -0.4 is 9.47 Å². The number of aromatic nitrogens is 1.